The van der Waals surface area contributed by atoms with E-state index in [4.69, 9.17) is 0 Å². The summed E-state index contributed by atoms with van der Waals surface area (Å²) in [5, 5.41) is 7.30. The highest BCUT2D eigenvalue weighted by molar-refractivity contribution is 5.98. The third kappa shape index (κ3) is 4.32. The maximum atomic E-state index is 13.3. The maximum Gasteiger partial charge on any atom is 0.352 e. The number of rotatable bonds is 6. The molecule has 1 N–H and O–H groups in total. The molecule has 1 atom stereocenters. The van der Waals surface area contributed by atoms with Gasteiger partial charge in [0.1, 0.15) is 12.4 Å². The van der Waals surface area contributed by atoms with Gasteiger partial charge in [-0.25, -0.2) is 18.3 Å². The lowest BCUT2D eigenvalue weighted by molar-refractivity contribution is -0.119. The molecule has 2 aromatic carbocycles. The quantitative estimate of drug-likeness (QED) is 0.452. The van der Waals surface area contributed by atoms with Crippen molar-refractivity contribution in [2.75, 3.05) is 11.9 Å². The van der Waals surface area contributed by atoms with E-state index in [0.717, 1.165) is 11.1 Å². The van der Waals surface area contributed by atoms with E-state index in [1.54, 1.807) is 0 Å². The summed E-state index contributed by atoms with van der Waals surface area (Å²) < 4.78 is 16.6. The smallest absolute Gasteiger partial charge is 0.350 e. The fourth-order valence-electron chi connectivity index (χ4n) is 3.69. The second kappa shape index (κ2) is 9.16. The molecule has 35 heavy (non-hydrogen) atoms. The molecule has 4 aromatic rings. The first-order valence-corrected chi connectivity index (χ1v) is 11.1. The number of benzene rings is 2. The van der Waals surface area contributed by atoms with Gasteiger partial charge in [-0.2, -0.15) is 0 Å². The molecule has 0 aliphatic rings. The second-order valence-electron chi connectivity index (χ2n) is 8.38. The number of aryl methyl sites for hydroxylation is 1. The molecule has 2 amide bonds. The number of fused-ring (bicyclic) bond motifs is 3. The number of aromatic nitrogens is 4. The van der Waals surface area contributed by atoms with E-state index in [2.05, 4.69) is 10.4 Å². The van der Waals surface area contributed by atoms with Crippen LogP contribution in [0.3, 0.4) is 0 Å². The lowest BCUT2D eigenvalue weighted by Gasteiger charge is -2.16. The Morgan fingerprint density at radius 1 is 1.14 bits per heavy atom. The molecular weight excluding hydrogens is 455 g/mol. The van der Waals surface area contributed by atoms with Gasteiger partial charge in [0, 0.05) is 31.4 Å². The Bertz CT molecular complexity index is 1570. The molecule has 0 bridgehead atoms. The number of amides is 2. The number of carbonyl (C=O) groups excluding carboxylic acids is 2. The average Bonchev–Trinajstić information content (AvgIpc) is 3.17. The number of nitrogens with zero attached hydrogens (tertiary/aromatic N) is 5. The van der Waals surface area contributed by atoms with Crippen LogP contribution in [0.1, 0.15) is 30.6 Å². The molecule has 0 aliphatic carbocycles. The zero-order valence-electron chi connectivity index (χ0n) is 19.8. The van der Waals surface area contributed by atoms with Gasteiger partial charge in [-0.05, 0) is 55.8 Å². The van der Waals surface area contributed by atoms with E-state index in [1.807, 2.05) is 13.8 Å². The van der Waals surface area contributed by atoms with Crippen molar-refractivity contribution in [2.45, 2.75) is 32.9 Å². The fraction of sp³-hybridized carbons (Fsp3) is 0.292. The van der Waals surface area contributed by atoms with E-state index in [1.165, 1.54) is 70.4 Å². The van der Waals surface area contributed by atoms with Crippen molar-refractivity contribution in [3.63, 3.8) is 0 Å². The van der Waals surface area contributed by atoms with Gasteiger partial charge >= 0.3 is 5.69 Å². The molecule has 11 heteroatoms. The van der Waals surface area contributed by atoms with Crippen molar-refractivity contribution in [1.82, 2.24) is 24.1 Å². The van der Waals surface area contributed by atoms with Gasteiger partial charge in [-0.1, -0.05) is 6.92 Å². The zero-order chi connectivity index (χ0) is 25.4. The Morgan fingerprint density at radius 2 is 1.83 bits per heavy atom. The van der Waals surface area contributed by atoms with Gasteiger partial charge in [0.2, 0.25) is 11.7 Å². The van der Waals surface area contributed by atoms with Crippen LogP contribution in [-0.2, 0) is 18.4 Å². The molecule has 4 rings (SSSR count). The first-order valence-electron chi connectivity index (χ1n) is 11.1. The summed E-state index contributed by atoms with van der Waals surface area (Å²) >= 11 is 0. The van der Waals surface area contributed by atoms with E-state index in [0.29, 0.717) is 11.3 Å². The molecule has 0 spiro atoms. The third-order valence-electron chi connectivity index (χ3n) is 6.02. The summed E-state index contributed by atoms with van der Waals surface area (Å²) in [5.74, 6) is -1.20. The van der Waals surface area contributed by atoms with Gasteiger partial charge in [0.05, 0.1) is 10.9 Å². The van der Waals surface area contributed by atoms with E-state index in [9.17, 15) is 23.6 Å². The lowest BCUT2D eigenvalue weighted by atomic mass is 10.1. The first kappa shape index (κ1) is 23.9. The molecule has 0 aliphatic heterocycles. The SMILES string of the molecule is CCC(C)NC(=O)c1ccc2c(=O)n(C)c3nn(CC(=O)N(C)c4ccc(F)cc4)c(=O)n3c2c1. The van der Waals surface area contributed by atoms with Crippen LogP contribution < -0.4 is 21.5 Å². The Labute approximate surface area is 199 Å². The van der Waals surface area contributed by atoms with Crippen LogP contribution in [0, 0.1) is 5.82 Å². The number of halogens is 1. The highest BCUT2D eigenvalue weighted by Gasteiger charge is 2.20. The van der Waals surface area contributed by atoms with Gasteiger partial charge < -0.3 is 10.2 Å². The molecule has 10 nitrogen and oxygen atoms in total. The van der Waals surface area contributed by atoms with Crippen LogP contribution in [-0.4, -0.2) is 43.7 Å². The topological polar surface area (TPSA) is 111 Å². The van der Waals surface area contributed by atoms with Gasteiger partial charge in [0.15, 0.2) is 0 Å². The van der Waals surface area contributed by atoms with Crippen molar-refractivity contribution in [3.8, 4) is 0 Å². The number of hydrogen-bond donors (Lipinski definition) is 1. The van der Waals surface area contributed by atoms with Gasteiger partial charge in [-0.3, -0.25) is 19.0 Å². The van der Waals surface area contributed by atoms with Crippen molar-refractivity contribution >= 4 is 34.2 Å². The molecular formula is C24H25FN6O4. The summed E-state index contributed by atoms with van der Waals surface area (Å²) in [6.45, 7) is 3.42. The summed E-state index contributed by atoms with van der Waals surface area (Å²) in [6, 6.07) is 9.81. The predicted octanol–water partition coefficient (Wildman–Crippen LogP) is 1.68. The van der Waals surface area contributed by atoms with E-state index in [-0.39, 0.29) is 28.6 Å². The van der Waals surface area contributed by atoms with Crippen LogP contribution >= 0.6 is 0 Å². The highest BCUT2D eigenvalue weighted by atomic mass is 19.1. The molecule has 1 unspecified atom stereocenters. The summed E-state index contributed by atoms with van der Waals surface area (Å²) in [4.78, 5) is 52.9. The standard InChI is InChI=1S/C24H25FN6O4/c1-5-14(2)26-21(33)15-6-11-18-19(12-15)31-23(29(4)22(18)34)27-30(24(31)35)13-20(32)28(3)17-9-7-16(25)8-10-17/h6-12,14H,5,13H2,1-4H3,(H,26,33). The van der Waals surface area contributed by atoms with E-state index < -0.39 is 29.5 Å². The van der Waals surface area contributed by atoms with Crippen LogP contribution in [0.4, 0.5) is 10.1 Å². The number of nitrogens with one attached hydrogen (secondary N) is 1. The first-order chi connectivity index (χ1) is 16.6. The zero-order valence-corrected chi connectivity index (χ0v) is 19.8. The van der Waals surface area contributed by atoms with Crippen molar-refractivity contribution < 1.29 is 14.0 Å². The molecule has 2 aromatic heterocycles. The number of carbonyl (C=O) groups is 2. The fourth-order valence-corrected chi connectivity index (χ4v) is 3.69. The van der Waals surface area contributed by atoms with Crippen LogP contribution in [0.5, 0.6) is 0 Å². The predicted molar refractivity (Wildman–Crippen MR) is 129 cm³/mol. The summed E-state index contributed by atoms with van der Waals surface area (Å²) in [5.41, 5.74) is -0.0770. The van der Waals surface area contributed by atoms with Crippen LogP contribution in [0.2, 0.25) is 0 Å². The Balaban J connectivity index is 1.78. The van der Waals surface area contributed by atoms with Crippen LogP contribution in [0.15, 0.2) is 52.1 Å². The second-order valence-corrected chi connectivity index (χ2v) is 8.38. The molecule has 0 saturated heterocycles. The van der Waals surface area contributed by atoms with Crippen molar-refractivity contribution in [2.24, 2.45) is 7.05 Å². The maximum absolute atomic E-state index is 13.3. The van der Waals surface area contributed by atoms with Crippen molar-refractivity contribution in [3.05, 3.63) is 74.7 Å². The Morgan fingerprint density at radius 3 is 2.49 bits per heavy atom. The molecule has 182 valence electrons. The van der Waals surface area contributed by atoms with Gasteiger partial charge in [0.25, 0.3) is 11.5 Å². The minimum Gasteiger partial charge on any atom is -0.350 e. The molecule has 0 fully saturated rings. The largest absolute Gasteiger partial charge is 0.352 e. The average molecular weight is 481 g/mol. The lowest BCUT2D eigenvalue weighted by Crippen LogP contribution is -2.34. The normalized spacial score (nSPS) is 12.1. The van der Waals surface area contributed by atoms with Crippen molar-refractivity contribution in [1.29, 1.82) is 0 Å². The highest BCUT2D eigenvalue weighted by Crippen LogP contribution is 2.15. The van der Waals surface area contributed by atoms with E-state index >= 15 is 0 Å². The Hall–Kier alpha value is -4.28. The molecule has 2 heterocycles. The summed E-state index contributed by atoms with van der Waals surface area (Å²) in [6.07, 6.45) is 0.747. The third-order valence-corrected chi connectivity index (χ3v) is 6.02. The van der Waals surface area contributed by atoms with Crippen LogP contribution in [0.25, 0.3) is 16.7 Å². The molecule has 0 saturated carbocycles. The number of hydrogen-bond acceptors (Lipinski definition) is 5. The minimum atomic E-state index is -0.638. The van der Waals surface area contributed by atoms with Gasteiger partial charge in [-0.15, -0.1) is 5.10 Å². The number of likely N-dealkylation sites (N-methyl/N-ethyl adjacent to an activating group) is 1. The minimum absolute atomic E-state index is 0.0317. The Kier molecular flexibility index (Phi) is 6.25. The molecule has 0 radical (unpaired) electrons. The number of anilines is 1. The monoisotopic (exact) mass is 480 g/mol. The summed E-state index contributed by atoms with van der Waals surface area (Å²) in [7, 11) is 2.98.